The first kappa shape index (κ1) is 25.5. The summed E-state index contributed by atoms with van der Waals surface area (Å²) in [7, 11) is 0. The Labute approximate surface area is 191 Å². The molecule has 0 aromatic heterocycles. The maximum Gasteiger partial charge on any atom is 0.248 e. The molecule has 0 saturated heterocycles. The third-order valence-electron chi connectivity index (χ3n) is 6.15. The van der Waals surface area contributed by atoms with E-state index in [1.807, 2.05) is 19.1 Å². The molecule has 1 aliphatic rings. The highest BCUT2D eigenvalue weighted by Crippen LogP contribution is 2.44. The van der Waals surface area contributed by atoms with Crippen molar-refractivity contribution in [2.45, 2.75) is 60.8 Å². The number of hydrogen-bond acceptors (Lipinski definition) is 1. The molecule has 4 heteroatoms. The van der Waals surface area contributed by atoms with Crippen molar-refractivity contribution in [2.75, 3.05) is 5.32 Å². The molecule has 1 aromatic carbocycles. The van der Waals surface area contributed by atoms with Crippen molar-refractivity contribution in [3.05, 3.63) is 88.6 Å². The van der Waals surface area contributed by atoms with Crippen LogP contribution < -0.4 is 5.32 Å². The topological polar surface area (TPSA) is 29.1 Å². The van der Waals surface area contributed by atoms with Gasteiger partial charge in [-0.05, 0) is 74.6 Å². The second kappa shape index (κ2) is 11.2. The number of allylic oxidation sites excluding steroid dienone is 9. The Hall–Kier alpha value is -2.75. The van der Waals surface area contributed by atoms with Crippen LogP contribution in [0.4, 0.5) is 14.5 Å². The van der Waals surface area contributed by atoms with E-state index in [-0.39, 0.29) is 11.1 Å². The second-order valence-electron chi connectivity index (χ2n) is 9.23. The lowest BCUT2D eigenvalue weighted by Gasteiger charge is -2.37. The summed E-state index contributed by atoms with van der Waals surface area (Å²) in [6.45, 7) is 13.0. The molecule has 2 rings (SSSR count). The minimum absolute atomic E-state index is 0.176. The van der Waals surface area contributed by atoms with E-state index in [4.69, 9.17) is 0 Å². The van der Waals surface area contributed by atoms with Crippen LogP contribution in [-0.2, 0) is 4.79 Å². The minimum Gasteiger partial charge on any atom is -0.320 e. The normalized spacial score (nSPS) is 19.8. The Morgan fingerprint density at radius 1 is 1.19 bits per heavy atom. The van der Waals surface area contributed by atoms with E-state index in [1.165, 1.54) is 36.5 Å². The lowest BCUT2D eigenvalue weighted by Crippen LogP contribution is -2.24. The summed E-state index contributed by atoms with van der Waals surface area (Å²) in [5.74, 6) is -1.12. The van der Waals surface area contributed by atoms with Gasteiger partial charge in [0.25, 0.3) is 0 Å². The van der Waals surface area contributed by atoms with E-state index in [0.717, 1.165) is 23.8 Å². The molecule has 0 heterocycles. The smallest absolute Gasteiger partial charge is 0.248 e. The van der Waals surface area contributed by atoms with Gasteiger partial charge >= 0.3 is 0 Å². The van der Waals surface area contributed by atoms with Crippen molar-refractivity contribution in [3.63, 3.8) is 0 Å². The number of carbonyl (C=O) groups is 1. The van der Waals surface area contributed by atoms with Crippen LogP contribution in [0.25, 0.3) is 0 Å². The zero-order valence-corrected chi connectivity index (χ0v) is 20.1. The second-order valence-corrected chi connectivity index (χ2v) is 9.23. The molecule has 0 radical (unpaired) electrons. The molecule has 0 bridgehead atoms. The van der Waals surface area contributed by atoms with Gasteiger partial charge in [-0.2, -0.15) is 0 Å². The third-order valence-corrected chi connectivity index (χ3v) is 6.15. The Balaban J connectivity index is 2.04. The Morgan fingerprint density at radius 3 is 2.59 bits per heavy atom. The largest absolute Gasteiger partial charge is 0.320 e. The first-order valence-corrected chi connectivity index (χ1v) is 11.2. The van der Waals surface area contributed by atoms with Crippen molar-refractivity contribution in [3.8, 4) is 0 Å². The van der Waals surface area contributed by atoms with Crippen LogP contribution in [0.15, 0.2) is 76.9 Å². The predicted molar refractivity (Wildman–Crippen MR) is 130 cm³/mol. The fraction of sp³-hybridized carbons (Fsp3) is 0.393. The van der Waals surface area contributed by atoms with E-state index in [0.29, 0.717) is 11.5 Å². The molecule has 1 N–H and O–H groups in total. The number of benzene rings is 1. The molecule has 1 unspecified atom stereocenters. The van der Waals surface area contributed by atoms with Gasteiger partial charge in [-0.15, -0.1) is 0 Å². The first-order chi connectivity index (χ1) is 15.0. The molecule has 0 fully saturated rings. The van der Waals surface area contributed by atoms with Crippen molar-refractivity contribution >= 4 is 11.6 Å². The summed E-state index contributed by atoms with van der Waals surface area (Å²) in [6.07, 6.45) is 15.1. The highest BCUT2D eigenvalue weighted by Gasteiger charge is 2.30. The quantitative estimate of drug-likeness (QED) is 0.338. The molecule has 0 spiro atoms. The molecule has 0 aliphatic heterocycles. The third kappa shape index (κ3) is 7.15. The molecule has 1 aliphatic carbocycles. The lowest BCUT2D eigenvalue weighted by molar-refractivity contribution is -0.112. The average Bonchev–Trinajstić information content (AvgIpc) is 2.70. The van der Waals surface area contributed by atoms with E-state index >= 15 is 0 Å². The van der Waals surface area contributed by atoms with Gasteiger partial charge in [-0.25, -0.2) is 8.78 Å². The maximum atomic E-state index is 13.6. The highest BCUT2D eigenvalue weighted by atomic mass is 19.1. The van der Waals surface area contributed by atoms with E-state index in [1.54, 1.807) is 13.0 Å². The van der Waals surface area contributed by atoms with Crippen LogP contribution in [-0.4, -0.2) is 5.91 Å². The van der Waals surface area contributed by atoms with Gasteiger partial charge in [-0.1, -0.05) is 62.3 Å². The molecular weight excluding hydrogens is 404 g/mol. The van der Waals surface area contributed by atoms with Gasteiger partial charge in [0.15, 0.2) is 0 Å². The van der Waals surface area contributed by atoms with Crippen molar-refractivity contribution < 1.29 is 13.6 Å². The summed E-state index contributed by atoms with van der Waals surface area (Å²) in [5.41, 5.74) is 4.76. The number of amides is 1. The molecule has 32 heavy (non-hydrogen) atoms. The summed E-state index contributed by atoms with van der Waals surface area (Å²) in [5, 5.41) is 2.36. The average molecular weight is 440 g/mol. The Bertz CT molecular complexity index is 993. The first-order valence-electron chi connectivity index (χ1n) is 11.2. The molecule has 1 atom stereocenters. The van der Waals surface area contributed by atoms with Crippen LogP contribution in [0.3, 0.4) is 0 Å². The zero-order chi connectivity index (χ0) is 23.9. The van der Waals surface area contributed by atoms with Gasteiger partial charge < -0.3 is 5.32 Å². The minimum atomic E-state index is -0.677. The van der Waals surface area contributed by atoms with Gasteiger partial charge in [0.1, 0.15) is 11.6 Å². The van der Waals surface area contributed by atoms with Crippen LogP contribution in [0.1, 0.15) is 60.8 Å². The number of halogens is 2. The van der Waals surface area contributed by atoms with Crippen LogP contribution in [0.2, 0.25) is 0 Å². The SMILES string of the molecule is CCC1CCC(C)(C)C(/C=C/C(C)=C/C=C/C(C)=C/C(=O)Nc2cc(F)ccc2F)=C1C. The predicted octanol–water partition coefficient (Wildman–Crippen LogP) is 8.07. The number of carbonyl (C=O) groups excluding carboxylic acids is 1. The van der Waals surface area contributed by atoms with Crippen molar-refractivity contribution in [2.24, 2.45) is 11.3 Å². The summed E-state index contributed by atoms with van der Waals surface area (Å²) in [4.78, 5) is 12.1. The van der Waals surface area contributed by atoms with Crippen molar-refractivity contribution in [1.29, 1.82) is 0 Å². The van der Waals surface area contributed by atoms with Gasteiger partial charge in [0.05, 0.1) is 5.69 Å². The Morgan fingerprint density at radius 2 is 1.91 bits per heavy atom. The Kier molecular flexibility index (Phi) is 8.94. The monoisotopic (exact) mass is 439 g/mol. The molecule has 0 saturated carbocycles. The molecule has 1 amide bonds. The molecule has 1 aromatic rings. The van der Waals surface area contributed by atoms with Gasteiger partial charge in [0, 0.05) is 12.1 Å². The van der Waals surface area contributed by atoms with Crippen molar-refractivity contribution in [1.82, 2.24) is 0 Å². The standard InChI is InChI=1S/C28H35F2NO/c1-7-22-15-16-28(5,6)24(21(22)4)13-11-19(2)9-8-10-20(3)17-27(32)31-26-18-23(29)12-14-25(26)30/h8-14,17-18,22H,7,15-16H2,1-6H3,(H,31,32)/b10-8+,13-11+,19-9+,20-17+. The molecule has 2 nitrogen and oxygen atoms in total. The van der Waals surface area contributed by atoms with E-state index < -0.39 is 17.5 Å². The van der Waals surface area contributed by atoms with Crippen LogP contribution in [0.5, 0.6) is 0 Å². The van der Waals surface area contributed by atoms with E-state index in [9.17, 15) is 13.6 Å². The highest BCUT2D eigenvalue weighted by molar-refractivity contribution is 6.00. The lowest BCUT2D eigenvalue weighted by atomic mass is 9.68. The van der Waals surface area contributed by atoms with Gasteiger partial charge in [0.2, 0.25) is 5.91 Å². The number of anilines is 1. The van der Waals surface area contributed by atoms with E-state index in [2.05, 4.69) is 45.2 Å². The van der Waals surface area contributed by atoms with Crippen LogP contribution >= 0.6 is 0 Å². The summed E-state index contributed by atoms with van der Waals surface area (Å²) < 4.78 is 26.9. The molecular formula is C28H35F2NO. The fourth-order valence-corrected chi connectivity index (χ4v) is 4.15. The summed E-state index contributed by atoms with van der Waals surface area (Å²) in [6, 6.07) is 2.95. The maximum absolute atomic E-state index is 13.6. The van der Waals surface area contributed by atoms with Gasteiger partial charge in [-0.3, -0.25) is 4.79 Å². The summed E-state index contributed by atoms with van der Waals surface area (Å²) >= 11 is 0. The number of nitrogens with one attached hydrogen (secondary N) is 1. The van der Waals surface area contributed by atoms with Crippen LogP contribution in [0, 0.1) is 23.0 Å². The zero-order valence-electron chi connectivity index (χ0n) is 20.1. The molecule has 172 valence electrons. The number of hydrogen-bond donors (Lipinski definition) is 1. The fourth-order valence-electron chi connectivity index (χ4n) is 4.15. The number of rotatable bonds is 7.